The van der Waals surface area contributed by atoms with Crippen LogP contribution in [0.5, 0.6) is 0 Å². The van der Waals surface area contributed by atoms with Crippen LogP contribution < -0.4 is 10.6 Å². The third-order valence-corrected chi connectivity index (χ3v) is 3.75. The van der Waals surface area contributed by atoms with Gasteiger partial charge >= 0.3 is 0 Å². The molecule has 1 aliphatic rings. The highest BCUT2D eigenvalue weighted by Crippen LogP contribution is 2.04. The summed E-state index contributed by atoms with van der Waals surface area (Å²) in [6.07, 6.45) is 2.95. The zero-order valence-electron chi connectivity index (χ0n) is 14.4. The number of nitrogens with zero attached hydrogens (tertiary/aromatic N) is 2. The maximum atomic E-state index is 12.2. The molecule has 1 aromatic rings. The molecule has 0 bridgehead atoms. The normalized spacial score (nSPS) is 15.3. The van der Waals surface area contributed by atoms with Crippen LogP contribution in [-0.4, -0.2) is 67.6 Å². The van der Waals surface area contributed by atoms with Crippen LogP contribution in [0.2, 0.25) is 0 Å². The van der Waals surface area contributed by atoms with Gasteiger partial charge in [0.05, 0.1) is 24.3 Å². The maximum Gasteiger partial charge on any atom is 0.252 e. The number of hydrogen-bond acceptors (Lipinski definition) is 5. The van der Waals surface area contributed by atoms with Crippen LogP contribution in [0.15, 0.2) is 18.5 Å². The Hall–Kier alpha value is -1.99. The van der Waals surface area contributed by atoms with E-state index in [1.807, 2.05) is 13.8 Å². The molecular weight excluding hydrogens is 308 g/mol. The smallest absolute Gasteiger partial charge is 0.252 e. The summed E-state index contributed by atoms with van der Waals surface area (Å²) in [5.41, 5.74) is 0.797. The second-order valence-corrected chi connectivity index (χ2v) is 6.28. The van der Waals surface area contributed by atoms with Crippen molar-refractivity contribution < 1.29 is 14.3 Å². The molecule has 1 aromatic heterocycles. The van der Waals surface area contributed by atoms with Gasteiger partial charge in [0.15, 0.2) is 0 Å². The van der Waals surface area contributed by atoms with Gasteiger partial charge in [-0.2, -0.15) is 0 Å². The summed E-state index contributed by atoms with van der Waals surface area (Å²) in [4.78, 5) is 30.5. The van der Waals surface area contributed by atoms with Crippen LogP contribution in [-0.2, 0) is 4.74 Å². The quantitative estimate of drug-likeness (QED) is 0.760. The molecule has 2 amide bonds. The van der Waals surface area contributed by atoms with Gasteiger partial charge in [0.2, 0.25) is 0 Å². The van der Waals surface area contributed by atoms with Gasteiger partial charge in [-0.25, -0.2) is 0 Å². The number of aromatic nitrogens is 1. The second-order valence-electron chi connectivity index (χ2n) is 6.28. The van der Waals surface area contributed by atoms with Gasteiger partial charge in [0.1, 0.15) is 0 Å². The number of amides is 2. The minimum absolute atomic E-state index is 0.209. The molecule has 0 aliphatic carbocycles. The summed E-state index contributed by atoms with van der Waals surface area (Å²) < 4.78 is 5.29. The number of nitrogens with one attached hydrogen (secondary N) is 2. The topological polar surface area (TPSA) is 83.6 Å². The lowest BCUT2D eigenvalue weighted by atomic mass is 10.1. The van der Waals surface area contributed by atoms with Crippen molar-refractivity contribution in [3.63, 3.8) is 0 Å². The molecule has 7 heteroatoms. The molecule has 1 fully saturated rings. The Labute approximate surface area is 142 Å². The Balaban J connectivity index is 1.83. The molecule has 1 saturated heterocycles. The second kappa shape index (κ2) is 9.34. The largest absolute Gasteiger partial charge is 0.379 e. The zero-order valence-corrected chi connectivity index (χ0v) is 14.4. The summed E-state index contributed by atoms with van der Waals surface area (Å²) in [5, 5.41) is 5.69. The monoisotopic (exact) mass is 334 g/mol. The van der Waals surface area contributed by atoms with Crippen molar-refractivity contribution in [2.75, 3.05) is 45.9 Å². The number of hydrogen-bond donors (Lipinski definition) is 2. The highest BCUT2D eigenvalue weighted by molar-refractivity contribution is 5.99. The Morgan fingerprint density at radius 3 is 2.42 bits per heavy atom. The van der Waals surface area contributed by atoms with E-state index >= 15 is 0 Å². The first-order valence-electron chi connectivity index (χ1n) is 8.38. The van der Waals surface area contributed by atoms with Crippen LogP contribution >= 0.6 is 0 Å². The van der Waals surface area contributed by atoms with Crippen molar-refractivity contribution in [2.24, 2.45) is 5.92 Å². The third kappa shape index (κ3) is 5.90. The molecule has 0 saturated carbocycles. The van der Waals surface area contributed by atoms with Crippen LogP contribution in [0.1, 0.15) is 34.6 Å². The van der Waals surface area contributed by atoms with E-state index in [-0.39, 0.29) is 11.8 Å². The number of pyridine rings is 1. The predicted molar refractivity (Wildman–Crippen MR) is 91.0 cm³/mol. The Morgan fingerprint density at radius 2 is 1.79 bits per heavy atom. The van der Waals surface area contributed by atoms with Crippen molar-refractivity contribution in [1.82, 2.24) is 20.5 Å². The summed E-state index contributed by atoms with van der Waals surface area (Å²) in [7, 11) is 0. The third-order valence-electron chi connectivity index (χ3n) is 3.75. The Kier molecular flexibility index (Phi) is 7.14. The summed E-state index contributed by atoms with van der Waals surface area (Å²) in [6, 6.07) is 1.58. The van der Waals surface area contributed by atoms with E-state index in [0.29, 0.717) is 30.1 Å². The molecule has 24 heavy (non-hydrogen) atoms. The average Bonchev–Trinajstić information content (AvgIpc) is 2.60. The van der Waals surface area contributed by atoms with Crippen LogP contribution in [0.4, 0.5) is 0 Å². The molecular formula is C17H26N4O3. The van der Waals surface area contributed by atoms with Crippen LogP contribution in [0, 0.1) is 5.92 Å². The molecule has 2 N–H and O–H groups in total. The number of carbonyl (C=O) groups excluding carboxylic acids is 2. The van der Waals surface area contributed by atoms with Crippen LogP contribution in [0.25, 0.3) is 0 Å². The summed E-state index contributed by atoms with van der Waals surface area (Å²) >= 11 is 0. The molecule has 0 aromatic carbocycles. The molecule has 1 aliphatic heterocycles. The van der Waals surface area contributed by atoms with E-state index in [0.717, 1.165) is 32.8 Å². The van der Waals surface area contributed by atoms with Gasteiger partial charge in [0, 0.05) is 45.1 Å². The van der Waals surface area contributed by atoms with Gasteiger partial charge in [-0.3, -0.25) is 19.5 Å². The zero-order chi connectivity index (χ0) is 17.4. The van der Waals surface area contributed by atoms with Gasteiger partial charge < -0.3 is 15.4 Å². The van der Waals surface area contributed by atoms with Gasteiger partial charge in [0.25, 0.3) is 11.8 Å². The number of ether oxygens (including phenoxy) is 1. The predicted octanol–water partition coefficient (Wildman–Crippen LogP) is 0.529. The van der Waals surface area contributed by atoms with Gasteiger partial charge in [-0.15, -0.1) is 0 Å². The maximum absolute atomic E-state index is 12.2. The highest BCUT2D eigenvalue weighted by Gasteiger charge is 2.13. The van der Waals surface area contributed by atoms with E-state index in [1.54, 1.807) is 6.07 Å². The summed E-state index contributed by atoms with van der Waals surface area (Å²) in [5.74, 6) is -0.0537. The standard InChI is InChI=1S/C17H26N4O3/c1-13(2)10-20-17(23)15-9-14(11-18-12-15)16(22)19-3-4-21-5-7-24-8-6-21/h9,11-13H,3-8,10H2,1-2H3,(H,19,22)(H,20,23). The van der Waals surface area contributed by atoms with Crippen molar-refractivity contribution in [3.05, 3.63) is 29.6 Å². The lowest BCUT2D eigenvalue weighted by molar-refractivity contribution is 0.0383. The lowest BCUT2D eigenvalue weighted by Gasteiger charge is -2.26. The minimum Gasteiger partial charge on any atom is -0.379 e. The first-order valence-corrected chi connectivity index (χ1v) is 8.38. The molecule has 0 radical (unpaired) electrons. The Morgan fingerprint density at radius 1 is 1.17 bits per heavy atom. The van der Waals surface area contributed by atoms with E-state index in [4.69, 9.17) is 4.74 Å². The van der Waals surface area contributed by atoms with E-state index in [1.165, 1.54) is 12.4 Å². The molecule has 0 spiro atoms. The average molecular weight is 334 g/mol. The molecule has 132 valence electrons. The number of carbonyl (C=O) groups is 2. The molecule has 7 nitrogen and oxygen atoms in total. The van der Waals surface area contributed by atoms with Crippen molar-refractivity contribution in [3.8, 4) is 0 Å². The van der Waals surface area contributed by atoms with E-state index < -0.39 is 0 Å². The Bertz CT molecular complexity index is 557. The summed E-state index contributed by atoms with van der Waals surface area (Å²) in [6.45, 7) is 9.25. The fraction of sp³-hybridized carbons (Fsp3) is 0.588. The SMILES string of the molecule is CC(C)CNC(=O)c1cncc(C(=O)NCCN2CCOCC2)c1. The molecule has 2 rings (SSSR count). The minimum atomic E-state index is -0.214. The van der Waals surface area contributed by atoms with E-state index in [2.05, 4.69) is 20.5 Å². The van der Waals surface area contributed by atoms with E-state index in [9.17, 15) is 9.59 Å². The fourth-order valence-corrected chi connectivity index (χ4v) is 2.34. The van der Waals surface area contributed by atoms with Gasteiger partial charge in [-0.05, 0) is 12.0 Å². The number of rotatable bonds is 7. The molecule has 2 heterocycles. The van der Waals surface area contributed by atoms with Gasteiger partial charge in [-0.1, -0.05) is 13.8 Å². The van der Waals surface area contributed by atoms with Crippen molar-refractivity contribution in [2.45, 2.75) is 13.8 Å². The van der Waals surface area contributed by atoms with Crippen molar-refractivity contribution >= 4 is 11.8 Å². The first-order chi connectivity index (χ1) is 11.6. The lowest BCUT2D eigenvalue weighted by Crippen LogP contribution is -2.41. The molecule has 0 unspecified atom stereocenters. The van der Waals surface area contributed by atoms with Crippen molar-refractivity contribution in [1.29, 1.82) is 0 Å². The fourth-order valence-electron chi connectivity index (χ4n) is 2.34. The van der Waals surface area contributed by atoms with Crippen LogP contribution in [0.3, 0.4) is 0 Å². The number of morpholine rings is 1. The first kappa shape index (κ1) is 18.4. The highest BCUT2D eigenvalue weighted by atomic mass is 16.5. The molecule has 0 atom stereocenters.